The Balaban J connectivity index is 2.26. The van der Waals surface area contributed by atoms with E-state index in [0.717, 1.165) is 5.56 Å². The molecule has 13 heavy (non-hydrogen) atoms. The second-order valence-electron chi connectivity index (χ2n) is 3.31. The van der Waals surface area contributed by atoms with Gasteiger partial charge in [0, 0.05) is 17.9 Å². The number of benzene rings is 1. The average molecular weight is 199 g/mol. The van der Waals surface area contributed by atoms with Crippen LogP contribution in [-0.2, 0) is 4.79 Å². The first-order valence-corrected chi connectivity index (χ1v) is 4.51. The minimum atomic E-state index is -0.334. The number of rotatable bonds is 1. The summed E-state index contributed by atoms with van der Waals surface area (Å²) in [5, 5.41) is 0.428. The molecule has 0 radical (unpaired) electrons. The Bertz CT molecular complexity index is 354. The Morgan fingerprint density at radius 1 is 1.38 bits per heavy atom. The van der Waals surface area contributed by atoms with Crippen LogP contribution in [0, 0.1) is 5.82 Å². The predicted molar refractivity (Wildman–Crippen MR) is 48.4 cm³/mol. The maximum absolute atomic E-state index is 12.7. The molecule has 0 bridgehead atoms. The third-order valence-electron chi connectivity index (χ3n) is 2.35. The van der Waals surface area contributed by atoms with Crippen LogP contribution in [0.2, 0.25) is 5.02 Å². The van der Waals surface area contributed by atoms with E-state index in [1.165, 1.54) is 12.1 Å². The van der Waals surface area contributed by atoms with Gasteiger partial charge in [0.05, 0.1) is 0 Å². The Hall–Kier alpha value is -0.890. The van der Waals surface area contributed by atoms with E-state index >= 15 is 0 Å². The van der Waals surface area contributed by atoms with Crippen LogP contribution in [0.1, 0.15) is 24.3 Å². The summed E-state index contributed by atoms with van der Waals surface area (Å²) < 4.78 is 12.7. The fraction of sp³-hybridized carbons (Fsp3) is 0.300. The average Bonchev–Trinajstić information content (AvgIpc) is 2.00. The van der Waals surface area contributed by atoms with Gasteiger partial charge in [0.25, 0.3) is 0 Å². The van der Waals surface area contributed by atoms with Crippen molar-refractivity contribution in [2.45, 2.75) is 18.8 Å². The number of ketones is 1. The summed E-state index contributed by atoms with van der Waals surface area (Å²) in [5.41, 5.74) is 0.891. The van der Waals surface area contributed by atoms with Crippen LogP contribution in [0.25, 0.3) is 0 Å². The van der Waals surface area contributed by atoms with Crippen molar-refractivity contribution >= 4 is 17.4 Å². The summed E-state index contributed by atoms with van der Waals surface area (Å²) in [6.07, 6.45) is 1.09. The topological polar surface area (TPSA) is 17.1 Å². The molecule has 0 heterocycles. The highest BCUT2D eigenvalue weighted by Crippen LogP contribution is 2.37. The lowest BCUT2D eigenvalue weighted by Crippen LogP contribution is -2.21. The fourth-order valence-corrected chi connectivity index (χ4v) is 1.86. The SMILES string of the molecule is O=C1CC(c2ccc(F)cc2Cl)C1. The second kappa shape index (κ2) is 3.11. The zero-order valence-corrected chi connectivity index (χ0v) is 7.64. The van der Waals surface area contributed by atoms with Crippen LogP contribution in [0.3, 0.4) is 0 Å². The van der Waals surface area contributed by atoms with E-state index in [-0.39, 0.29) is 17.5 Å². The molecule has 68 valence electrons. The Labute approximate surface area is 80.5 Å². The molecule has 0 spiro atoms. The Kier molecular flexibility index (Phi) is 2.08. The lowest BCUT2D eigenvalue weighted by atomic mass is 9.79. The summed E-state index contributed by atoms with van der Waals surface area (Å²) in [4.78, 5) is 10.7. The standard InChI is InChI=1S/C10H8ClFO/c11-10-5-7(12)1-2-9(10)6-3-8(13)4-6/h1-2,5-6H,3-4H2. The molecule has 0 unspecified atom stereocenters. The monoisotopic (exact) mass is 198 g/mol. The van der Waals surface area contributed by atoms with Crippen molar-refractivity contribution in [3.63, 3.8) is 0 Å². The zero-order chi connectivity index (χ0) is 9.42. The number of hydrogen-bond acceptors (Lipinski definition) is 1. The fourth-order valence-electron chi connectivity index (χ4n) is 1.54. The Morgan fingerprint density at radius 2 is 2.08 bits per heavy atom. The van der Waals surface area contributed by atoms with E-state index in [0.29, 0.717) is 17.9 Å². The largest absolute Gasteiger partial charge is 0.300 e. The summed E-state index contributed by atoms with van der Waals surface area (Å²) in [6, 6.07) is 4.33. The number of halogens is 2. The van der Waals surface area contributed by atoms with E-state index in [9.17, 15) is 9.18 Å². The van der Waals surface area contributed by atoms with E-state index in [1.807, 2.05) is 0 Å². The third kappa shape index (κ3) is 1.59. The molecule has 0 amide bonds. The highest BCUT2D eigenvalue weighted by atomic mass is 35.5. The second-order valence-corrected chi connectivity index (χ2v) is 3.72. The first-order valence-electron chi connectivity index (χ1n) is 4.13. The minimum absolute atomic E-state index is 0.209. The van der Waals surface area contributed by atoms with Crippen molar-refractivity contribution in [3.8, 4) is 0 Å². The van der Waals surface area contributed by atoms with Crippen LogP contribution in [0.4, 0.5) is 4.39 Å². The van der Waals surface area contributed by atoms with Gasteiger partial charge in [0.1, 0.15) is 11.6 Å². The van der Waals surface area contributed by atoms with Crippen LogP contribution in [0.15, 0.2) is 18.2 Å². The first kappa shape index (κ1) is 8.70. The molecule has 3 heteroatoms. The van der Waals surface area contributed by atoms with Crippen molar-refractivity contribution in [3.05, 3.63) is 34.6 Å². The molecule has 1 aromatic carbocycles. The van der Waals surface area contributed by atoms with Gasteiger partial charge in [-0.05, 0) is 23.6 Å². The number of carbonyl (C=O) groups is 1. The van der Waals surface area contributed by atoms with Gasteiger partial charge in [0.15, 0.2) is 0 Å². The Morgan fingerprint density at radius 3 is 2.62 bits per heavy atom. The highest BCUT2D eigenvalue weighted by Gasteiger charge is 2.29. The summed E-state index contributed by atoms with van der Waals surface area (Å²) in [5.74, 6) is 0.130. The summed E-state index contributed by atoms with van der Waals surface area (Å²) in [7, 11) is 0. The lowest BCUT2D eigenvalue weighted by molar-refractivity contribution is -0.124. The highest BCUT2D eigenvalue weighted by molar-refractivity contribution is 6.31. The van der Waals surface area contributed by atoms with E-state index in [4.69, 9.17) is 11.6 Å². The quantitative estimate of drug-likeness (QED) is 0.678. The van der Waals surface area contributed by atoms with Crippen LogP contribution < -0.4 is 0 Å². The van der Waals surface area contributed by atoms with Crippen LogP contribution in [-0.4, -0.2) is 5.78 Å². The summed E-state index contributed by atoms with van der Waals surface area (Å²) in [6.45, 7) is 0. The van der Waals surface area contributed by atoms with Gasteiger partial charge in [-0.1, -0.05) is 17.7 Å². The molecule has 0 N–H and O–H groups in total. The first-order chi connectivity index (χ1) is 6.16. The maximum Gasteiger partial charge on any atom is 0.134 e. The molecule has 0 atom stereocenters. The number of carbonyl (C=O) groups excluding carboxylic acids is 1. The smallest absolute Gasteiger partial charge is 0.134 e. The van der Waals surface area contributed by atoms with Gasteiger partial charge in [-0.3, -0.25) is 4.79 Å². The molecule has 0 saturated heterocycles. The van der Waals surface area contributed by atoms with Crippen molar-refractivity contribution < 1.29 is 9.18 Å². The lowest BCUT2D eigenvalue weighted by Gasteiger charge is -2.25. The molecule has 1 nitrogen and oxygen atoms in total. The van der Waals surface area contributed by atoms with Gasteiger partial charge in [-0.25, -0.2) is 4.39 Å². The van der Waals surface area contributed by atoms with E-state index in [1.54, 1.807) is 6.07 Å². The molecule has 1 aliphatic rings. The molecular weight excluding hydrogens is 191 g/mol. The van der Waals surface area contributed by atoms with Gasteiger partial charge in [0.2, 0.25) is 0 Å². The molecule has 2 rings (SSSR count). The van der Waals surface area contributed by atoms with E-state index < -0.39 is 0 Å². The van der Waals surface area contributed by atoms with Crippen molar-refractivity contribution in [2.24, 2.45) is 0 Å². The van der Waals surface area contributed by atoms with Gasteiger partial charge in [-0.2, -0.15) is 0 Å². The number of hydrogen-bond donors (Lipinski definition) is 0. The van der Waals surface area contributed by atoms with Gasteiger partial charge in [-0.15, -0.1) is 0 Å². The molecule has 1 aromatic rings. The third-order valence-corrected chi connectivity index (χ3v) is 2.68. The molecule has 0 aromatic heterocycles. The zero-order valence-electron chi connectivity index (χ0n) is 6.89. The van der Waals surface area contributed by atoms with Gasteiger partial charge < -0.3 is 0 Å². The molecule has 1 saturated carbocycles. The molecular formula is C10H8ClFO. The summed E-state index contributed by atoms with van der Waals surface area (Å²) >= 11 is 5.83. The van der Waals surface area contributed by atoms with Crippen LogP contribution >= 0.6 is 11.6 Å². The normalized spacial score (nSPS) is 17.2. The van der Waals surface area contributed by atoms with Crippen molar-refractivity contribution in [2.75, 3.05) is 0 Å². The van der Waals surface area contributed by atoms with Crippen molar-refractivity contribution in [1.29, 1.82) is 0 Å². The molecule has 0 aliphatic heterocycles. The molecule has 1 aliphatic carbocycles. The van der Waals surface area contributed by atoms with E-state index in [2.05, 4.69) is 0 Å². The van der Waals surface area contributed by atoms with Crippen molar-refractivity contribution in [1.82, 2.24) is 0 Å². The number of Topliss-reactive ketones (excluding diaryl/α,β-unsaturated/α-hetero) is 1. The predicted octanol–water partition coefficient (Wildman–Crippen LogP) is 2.93. The molecule has 1 fully saturated rings. The maximum atomic E-state index is 12.7. The van der Waals surface area contributed by atoms with Gasteiger partial charge >= 0.3 is 0 Å². The minimum Gasteiger partial charge on any atom is -0.300 e. The van der Waals surface area contributed by atoms with Crippen LogP contribution in [0.5, 0.6) is 0 Å².